The fourth-order valence-corrected chi connectivity index (χ4v) is 0. The second kappa shape index (κ2) is 8.92. The fourth-order valence-electron chi connectivity index (χ4n) is 0. The Morgan fingerprint density at radius 2 is 2.00 bits per heavy atom. The van der Waals surface area contributed by atoms with Crippen LogP contribution < -0.4 is 18.9 Å². The van der Waals surface area contributed by atoms with Gasteiger partial charge in [0.2, 0.25) is 0 Å². The van der Waals surface area contributed by atoms with Crippen molar-refractivity contribution < 1.29 is 28.3 Å². The smallest absolute Gasteiger partial charge is 0.732 e. The van der Waals surface area contributed by atoms with Crippen LogP contribution in [0.3, 0.4) is 0 Å². The molecule has 0 aromatic carbocycles. The minimum absolute atomic E-state index is 0. The van der Waals surface area contributed by atoms with E-state index in [1.807, 2.05) is 0 Å². The van der Waals surface area contributed by atoms with E-state index in [1.165, 1.54) is 0 Å². The van der Waals surface area contributed by atoms with Crippen LogP contribution in [0.15, 0.2) is 0 Å². The second-order valence-corrected chi connectivity index (χ2v) is 0.201. The molecule has 0 aromatic heterocycles. The van der Waals surface area contributed by atoms with E-state index in [-0.39, 0.29) is 18.9 Å². The molecule has 0 heterocycles. The zero-order valence-electron chi connectivity index (χ0n) is 2.89. The summed E-state index contributed by atoms with van der Waals surface area (Å²) in [6.07, 6.45) is 0. The molecule has 0 fully saturated rings. The van der Waals surface area contributed by atoms with Crippen LogP contribution in [-0.2, 0) is 9.45 Å². The van der Waals surface area contributed by atoms with Crippen molar-refractivity contribution in [2.45, 2.75) is 0 Å². The Kier molecular flexibility index (Phi) is 15.9. The summed E-state index contributed by atoms with van der Waals surface area (Å²) >= 11 is 0. The van der Waals surface area contributed by atoms with Crippen molar-refractivity contribution in [1.82, 2.24) is 0 Å². The van der Waals surface area contributed by atoms with Gasteiger partial charge in [-0.15, -0.1) is 0 Å². The van der Waals surface area contributed by atoms with Crippen molar-refractivity contribution in [3.05, 3.63) is 0 Å². The Balaban J connectivity index is 0. The molecule has 0 spiro atoms. The van der Waals surface area contributed by atoms with E-state index < -0.39 is 0 Å². The minimum Gasteiger partial charge on any atom is -0.732 e. The van der Waals surface area contributed by atoms with Crippen molar-refractivity contribution in [1.29, 1.82) is 0 Å². The Bertz CT molecular complexity index is 23.6. The molecule has 0 aliphatic heterocycles. The summed E-state index contributed by atoms with van der Waals surface area (Å²) in [5.41, 5.74) is 0. The van der Waals surface area contributed by atoms with Crippen LogP contribution in [0.4, 0.5) is 0 Å². The van der Waals surface area contributed by atoms with Crippen molar-refractivity contribution in [2.75, 3.05) is 0 Å². The first-order chi connectivity index (χ1) is 1.91. The van der Waals surface area contributed by atoms with E-state index >= 15 is 0 Å². The number of rotatable bonds is 1. The van der Waals surface area contributed by atoms with E-state index in [4.69, 9.17) is 4.79 Å². The Morgan fingerprint density at radius 3 is 2.00 bits per heavy atom. The zero-order chi connectivity index (χ0) is 3.41. The van der Waals surface area contributed by atoms with Gasteiger partial charge in [-0.3, -0.25) is 0 Å². The van der Waals surface area contributed by atoms with Crippen LogP contribution in [0, 0.1) is 0 Å². The van der Waals surface area contributed by atoms with Gasteiger partial charge in [-0.25, -0.2) is 0 Å². The van der Waals surface area contributed by atoms with Crippen LogP contribution in [0.1, 0.15) is 0 Å². The van der Waals surface area contributed by atoms with Gasteiger partial charge in [0, 0.05) is 0 Å². The van der Waals surface area contributed by atoms with Crippen molar-refractivity contribution in [3.63, 3.8) is 0 Å². The van der Waals surface area contributed by atoms with Gasteiger partial charge in [-0.05, 0) is 0 Å². The average Bonchev–Trinajstić information content (AvgIpc) is 1.37. The second-order valence-electron chi connectivity index (χ2n) is 0.201. The molecule has 2 radical (unpaired) electrons. The quantitative estimate of drug-likeness (QED) is 0.229. The predicted octanol–water partition coefficient (Wildman–Crippen LogP) is -3.84. The van der Waals surface area contributed by atoms with Gasteiger partial charge in [-0.2, -0.15) is 0 Å². The summed E-state index contributed by atoms with van der Waals surface area (Å²) < 4.78 is 3.24. The average molecular weight is 61.8 g/mol. The molecule has 20 valence electrons. The Hall–Kier alpha value is 0.132. The third kappa shape index (κ3) is 14.7. The number of carbonyl (C=O) groups excluding carboxylic acids is 1. The monoisotopic (exact) mass is 62.0 g/mol. The molecule has 0 rings (SSSR count). The first kappa shape index (κ1) is 8.93. The summed E-state index contributed by atoms with van der Waals surface area (Å²) in [7, 11) is 4.10. The van der Waals surface area contributed by atoms with E-state index in [9.17, 15) is 0 Å². The third-order valence-electron chi connectivity index (χ3n) is 0.0481. The largest absolute Gasteiger partial charge is 1.00 e. The molecule has 0 aliphatic rings. The summed E-state index contributed by atoms with van der Waals surface area (Å²) in [6.45, 7) is 0.958. The topological polar surface area (TPSA) is 26.3 Å². The zero-order valence-corrected chi connectivity index (χ0v) is 2.89. The van der Waals surface area contributed by atoms with Crippen LogP contribution in [-0.4, -0.2) is 14.5 Å². The fraction of sp³-hybridized carbons (Fsp3) is 0. The first-order valence-corrected chi connectivity index (χ1v) is 0.644. The molecule has 2 nitrogen and oxygen atoms in total. The summed E-state index contributed by atoms with van der Waals surface area (Å²) in [5, 5.41) is 0. The molecular formula is CBLiO2. The molecule has 0 aromatic rings. The normalized spacial score (nSPS) is 4.00. The molecule has 0 N–H and O–H groups in total. The molecule has 0 unspecified atom stereocenters. The SMILES string of the molecule is [B]O[C-]=O.[Li+]. The van der Waals surface area contributed by atoms with Crippen molar-refractivity contribution in [2.24, 2.45) is 0 Å². The van der Waals surface area contributed by atoms with E-state index in [0.29, 0.717) is 0 Å². The molecule has 0 amide bonds. The van der Waals surface area contributed by atoms with Gasteiger partial charge < -0.3 is 9.45 Å². The van der Waals surface area contributed by atoms with Gasteiger partial charge in [0.1, 0.15) is 0 Å². The molecule has 0 atom stereocenters. The van der Waals surface area contributed by atoms with E-state index in [0.717, 1.165) is 6.47 Å². The third-order valence-corrected chi connectivity index (χ3v) is 0.0481. The molecule has 4 heteroatoms. The molecule has 0 saturated carbocycles. The molecule has 5 heavy (non-hydrogen) atoms. The maximum atomic E-state index is 8.70. The first-order valence-electron chi connectivity index (χ1n) is 0.644. The maximum absolute atomic E-state index is 8.70. The standard InChI is InChI=1S/CBO2.Li/c2-4-1-3;/q-1;+1. The number of hydrogen-bond donors (Lipinski definition) is 0. The summed E-state index contributed by atoms with van der Waals surface area (Å²) in [4.78, 5) is 8.70. The predicted molar refractivity (Wildman–Crippen MR) is 12.5 cm³/mol. The van der Waals surface area contributed by atoms with Gasteiger partial charge in [0.15, 0.2) is 0 Å². The molecule has 0 saturated heterocycles. The van der Waals surface area contributed by atoms with E-state index in [1.54, 1.807) is 0 Å². The maximum Gasteiger partial charge on any atom is 1.00 e. The molecule has 0 aliphatic carbocycles. The van der Waals surface area contributed by atoms with Crippen LogP contribution >= 0.6 is 0 Å². The van der Waals surface area contributed by atoms with Gasteiger partial charge in [0.05, 0.1) is 0 Å². The summed E-state index contributed by atoms with van der Waals surface area (Å²) in [5.74, 6) is 0. The van der Waals surface area contributed by atoms with Crippen LogP contribution in [0.5, 0.6) is 0 Å². The Morgan fingerprint density at radius 1 is 1.80 bits per heavy atom. The molecule has 0 bridgehead atoms. The van der Waals surface area contributed by atoms with Crippen molar-refractivity contribution >= 4 is 14.5 Å². The van der Waals surface area contributed by atoms with E-state index in [2.05, 4.69) is 12.7 Å². The van der Waals surface area contributed by atoms with Gasteiger partial charge in [0.25, 0.3) is 0 Å². The van der Waals surface area contributed by atoms with Gasteiger partial charge in [-0.1, -0.05) is 6.47 Å². The summed E-state index contributed by atoms with van der Waals surface area (Å²) in [6, 6.07) is 0. The van der Waals surface area contributed by atoms with Gasteiger partial charge >= 0.3 is 26.9 Å². The minimum atomic E-state index is 0. The van der Waals surface area contributed by atoms with Crippen molar-refractivity contribution in [3.8, 4) is 0 Å². The Labute approximate surface area is 43.5 Å². The van der Waals surface area contributed by atoms with Crippen LogP contribution in [0.25, 0.3) is 0 Å². The van der Waals surface area contributed by atoms with Crippen LogP contribution in [0.2, 0.25) is 0 Å². The number of hydrogen-bond acceptors (Lipinski definition) is 2. The molecular weight excluding hydrogens is 61.8 g/mol.